The zero-order valence-electron chi connectivity index (χ0n) is 26.9. The van der Waals surface area contributed by atoms with E-state index >= 15 is 0 Å². The maximum Gasteiger partial charge on any atom is 0.302 e. The Balaban J connectivity index is 1.49. The Bertz CT molecular complexity index is 1590. The molecule has 0 aliphatic carbocycles. The van der Waals surface area contributed by atoms with Gasteiger partial charge in [-0.3, -0.25) is 4.79 Å². The molecule has 0 saturated heterocycles. The van der Waals surface area contributed by atoms with Gasteiger partial charge in [0.25, 0.3) is 0 Å². The van der Waals surface area contributed by atoms with E-state index in [2.05, 4.69) is 5.32 Å². The molecule has 0 spiro atoms. The van der Waals surface area contributed by atoms with Gasteiger partial charge in [0.2, 0.25) is 0 Å². The summed E-state index contributed by atoms with van der Waals surface area (Å²) in [7, 11) is -1.05. The number of rotatable bonds is 12. The normalized spacial score (nSPS) is 15.4. The summed E-state index contributed by atoms with van der Waals surface area (Å²) in [6.45, 7) is 2.64. The molecule has 5 rings (SSSR count). The quantitative estimate of drug-likeness (QED) is 0.199. The van der Waals surface area contributed by atoms with E-state index in [0.29, 0.717) is 43.2 Å². The standard InChI is InChI=1S/C35H37NO6/c1-24(37)40-23-30-27(14-15-32(38-2)35(30)42-22-26-12-8-5-9-13-26)18-31-29-20-34(41-21-25-10-6-4-7-11-25)33(39-3)19-28(29)16-17-36-31/h4-15,19-20,31,36H,16-18,21-23H2,1-3H3/i3D3. The monoisotopic (exact) mass is 570 g/mol. The molecular weight excluding hydrogens is 530 g/mol. The minimum absolute atomic E-state index is 0.0162. The van der Waals surface area contributed by atoms with Gasteiger partial charge in [0.05, 0.1) is 18.3 Å². The second kappa shape index (κ2) is 13.9. The first kappa shape index (κ1) is 25.2. The highest BCUT2D eigenvalue weighted by Crippen LogP contribution is 2.40. The fourth-order valence-electron chi connectivity index (χ4n) is 5.20. The van der Waals surface area contributed by atoms with Crippen LogP contribution in [0.3, 0.4) is 0 Å². The van der Waals surface area contributed by atoms with Crippen molar-refractivity contribution in [2.24, 2.45) is 0 Å². The van der Waals surface area contributed by atoms with Crippen LogP contribution in [-0.4, -0.2) is 26.7 Å². The summed E-state index contributed by atoms with van der Waals surface area (Å²) in [5, 5.41) is 3.60. The van der Waals surface area contributed by atoms with Crippen molar-refractivity contribution in [3.05, 3.63) is 118 Å². The van der Waals surface area contributed by atoms with E-state index in [1.165, 1.54) is 6.92 Å². The summed E-state index contributed by atoms with van der Waals surface area (Å²) < 4.78 is 52.1. The van der Waals surface area contributed by atoms with Gasteiger partial charge in [-0.15, -0.1) is 0 Å². The molecule has 1 aliphatic heterocycles. The lowest BCUT2D eigenvalue weighted by Gasteiger charge is -2.29. The summed E-state index contributed by atoms with van der Waals surface area (Å²) in [5.41, 5.74) is 5.52. The number of ether oxygens (including phenoxy) is 5. The smallest absolute Gasteiger partial charge is 0.302 e. The van der Waals surface area contributed by atoms with Crippen molar-refractivity contribution >= 4 is 5.97 Å². The summed E-state index contributed by atoms with van der Waals surface area (Å²) in [6.07, 6.45) is 1.23. The van der Waals surface area contributed by atoms with Gasteiger partial charge < -0.3 is 29.0 Å². The summed E-state index contributed by atoms with van der Waals surface area (Å²) in [4.78, 5) is 11.9. The molecule has 0 fully saturated rings. The zero-order chi connectivity index (χ0) is 31.8. The Morgan fingerprint density at radius 2 is 1.57 bits per heavy atom. The van der Waals surface area contributed by atoms with Gasteiger partial charge in [-0.2, -0.15) is 0 Å². The zero-order valence-corrected chi connectivity index (χ0v) is 23.9. The predicted molar refractivity (Wildman–Crippen MR) is 161 cm³/mol. The van der Waals surface area contributed by atoms with E-state index in [9.17, 15) is 4.79 Å². The first-order valence-corrected chi connectivity index (χ1v) is 13.9. The molecule has 0 amide bonds. The van der Waals surface area contributed by atoms with Crippen molar-refractivity contribution in [2.45, 2.75) is 45.6 Å². The largest absolute Gasteiger partial charge is 0.493 e. The fraction of sp³-hybridized carbons (Fsp3) is 0.286. The van der Waals surface area contributed by atoms with Gasteiger partial charge in [-0.05, 0) is 65.4 Å². The summed E-state index contributed by atoms with van der Waals surface area (Å²) >= 11 is 0. The molecule has 42 heavy (non-hydrogen) atoms. The Labute approximate surface area is 251 Å². The predicted octanol–water partition coefficient (Wildman–Crippen LogP) is 6.35. The topological polar surface area (TPSA) is 75.2 Å². The molecule has 4 aromatic rings. The van der Waals surface area contributed by atoms with Crippen molar-refractivity contribution in [1.29, 1.82) is 0 Å². The summed E-state index contributed by atoms with van der Waals surface area (Å²) in [5.74, 6) is 1.19. The molecule has 1 unspecified atom stereocenters. The average molecular weight is 571 g/mol. The molecule has 1 N–H and O–H groups in total. The van der Waals surface area contributed by atoms with Crippen LogP contribution in [0.5, 0.6) is 23.0 Å². The van der Waals surface area contributed by atoms with Gasteiger partial charge in [0, 0.05) is 18.5 Å². The van der Waals surface area contributed by atoms with Gasteiger partial charge in [0.1, 0.15) is 19.8 Å². The van der Waals surface area contributed by atoms with E-state index in [1.807, 2.05) is 78.9 Å². The van der Waals surface area contributed by atoms with Gasteiger partial charge >= 0.3 is 5.97 Å². The molecular formula is C35H37NO6. The maximum absolute atomic E-state index is 11.9. The first-order valence-electron chi connectivity index (χ1n) is 15.4. The fourth-order valence-corrected chi connectivity index (χ4v) is 5.20. The second-order valence-electron chi connectivity index (χ2n) is 10.1. The average Bonchev–Trinajstić information content (AvgIpc) is 3.02. The molecule has 0 bridgehead atoms. The Hall–Kier alpha value is -4.49. The molecule has 218 valence electrons. The van der Waals surface area contributed by atoms with E-state index in [1.54, 1.807) is 13.2 Å². The molecule has 0 aromatic heterocycles. The summed E-state index contributed by atoms with van der Waals surface area (Å²) in [6, 6.07) is 26.8. The van der Waals surface area contributed by atoms with E-state index < -0.39 is 13.0 Å². The van der Waals surface area contributed by atoms with Crippen molar-refractivity contribution in [2.75, 3.05) is 20.7 Å². The van der Waals surface area contributed by atoms with Crippen LogP contribution in [-0.2, 0) is 42.2 Å². The number of benzene rings is 4. The minimum atomic E-state index is -2.63. The van der Waals surface area contributed by atoms with Crippen molar-refractivity contribution in [3.63, 3.8) is 0 Å². The van der Waals surface area contributed by atoms with E-state index in [-0.39, 0.29) is 25.0 Å². The maximum atomic E-state index is 11.9. The number of esters is 1. The third-order valence-electron chi connectivity index (χ3n) is 7.32. The molecule has 7 heteroatoms. The van der Waals surface area contributed by atoms with Crippen LogP contribution in [0.2, 0.25) is 0 Å². The van der Waals surface area contributed by atoms with Gasteiger partial charge in [-0.25, -0.2) is 0 Å². The molecule has 1 atom stereocenters. The Morgan fingerprint density at radius 1 is 0.857 bits per heavy atom. The lowest BCUT2D eigenvalue weighted by Crippen LogP contribution is -2.31. The van der Waals surface area contributed by atoms with Crippen LogP contribution in [0.4, 0.5) is 0 Å². The highest BCUT2D eigenvalue weighted by atomic mass is 16.5. The van der Waals surface area contributed by atoms with Crippen LogP contribution < -0.4 is 24.3 Å². The second-order valence-corrected chi connectivity index (χ2v) is 10.1. The molecule has 0 saturated carbocycles. The van der Waals surface area contributed by atoms with Crippen molar-refractivity contribution in [3.8, 4) is 23.0 Å². The van der Waals surface area contributed by atoms with Crippen LogP contribution in [0.15, 0.2) is 84.9 Å². The third kappa shape index (κ3) is 7.04. The number of methoxy groups -OCH3 is 2. The Kier molecular flexibility index (Phi) is 8.36. The lowest BCUT2D eigenvalue weighted by molar-refractivity contribution is -0.142. The van der Waals surface area contributed by atoms with E-state index in [0.717, 1.165) is 33.4 Å². The molecule has 1 heterocycles. The molecule has 7 nitrogen and oxygen atoms in total. The molecule has 4 aromatic carbocycles. The number of hydrogen-bond acceptors (Lipinski definition) is 7. The van der Waals surface area contributed by atoms with Crippen molar-refractivity contribution in [1.82, 2.24) is 5.32 Å². The van der Waals surface area contributed by atoms with E-state index in [4.69, 9.17) is 27.8 Å². The molecule has 0 radical (unpaired) electrons. The third-order valence-corrected chi connectivity index (χ3v) is 7.32. The number of fused-ring (bicyclic) bond motifs is 1. The minimum Gasteiger partial charge on any atom is -0.493 e. The number of nitrogens with one attached hydrogen (secondary N) is 1. The molecule has 1 aliphatic rings. The van der Waals surface area contributed by atoms with Crippen molar-refractivity contribution < 1.29 is 32.6 Å². The number of hydrogen-bond donors (Lipinski definition) is 1. The van der Waals surface area contributed by atoms with Gasteiger partial charge in [-0.1, -0.05) is 66.7 Å². The van der Waals surface area contributed by atoms with Crippen LogP contribution in [0, 0.1) is 0 Å². The van der Waals surface area contributed by atoms with Crippen LogP contribution in [0.1, 0.15) is 50.5 Å². The SMILES string of the molecule is [2H]C([2H])([2H])Oc1cc2c(cc1OCc1ccccc1)C(Cc1ccc(OC)c(OCc3ccccc3)c1COC(C)=O)NCC2. The Morgan fingerprint density at radius 3 is 2.24 bits per heavy atom. The number of carbonyl (C=O) groups excluding carboxylic acids is 1. The first-order chi connectivity index (χ1) is 21.7. The number of carbonyl (C=O) groups is 1. The van der Waals surface area contributed by atoms with Gasteiger partial charge in [0.15, 0.2) is 23.0 Å². The lowest BCUT2D eigenvalue weighted by atomic mass is 9.88. The van der Waals surface area contributed by atoms with Crippen LogP contribution >= 0.6 is 0 Å². The van der Waals surface area contributed by atoms with Crippen LogP contribution in [0.25, 0.3) is 0 Å². The highest BCUT2D eigenvalue weighted by molar-refractivity contribution is 5.66. The highest BCUT2D eigenvalue weighted by Gasteiger charge is 2.26.